The minimum atomic E-state index is 0.805. The predicted octanol–water partition coefficient (Wildman–Crippen LogP) is 2.03. The Morgan fingerprint density at radius 3 is 2.88 bits per heavy atom. The first-order valence-electron chi connectivity index (χ1n) is 6.06. The third kappa shape index (κ3) is 4.61. The van der Waals surface area contributed by atoms with Crippen molar-refractivity contribution in [2.75, 3.05) is 38.8 Å². The second kappa shape index (κ2) is 7.63. The Balaban J connectivity index is 2.52. The van der Waals surface area contributed by atoms with Gasteiger partial charge in [0.05, 0.1) is 5.69 Å². The van der Waals surface area contributed by atoms with Gasteiger partial charge in [0.15, 0.2) is 5.13 Å². The van der Waals surface area contributed by atoms with Crippen LogP contribution in [0.2, 0.25) is 0 Å². The third-order valence-corrected chi connectivity index (χ3v) is 3.86. The number of ether oxygens (including phenoxy) is 1. The first-order valence-corrected chi connectivity index (χ1v) is 6.87. The molecule has 5 heteroatoms. The molecule has 0 atom stereocenters. The molecule has 0 saturated carbocycles. The van der Waals surface area contributed by atoms with E-state index in [9.17, 15) is 0 Å². The van der Waals surface area contributed by atoms with Gasteiger partial charge < -0.3 is 15.0 Å². The van der Waals surface area contributed by atoms with Crippen LogP contribution < -0.4 is 10.2 Å². The highest BCUT2D eigenvalue weighted by molar-refractivity contribution is 7.15. The van der Waals surface area contributed by atoms with E-state index >= 15 is 0 Å². The van der Waals surface area contributed by atoms with Crippen LogP contribution in [0, 0.1) is 6.92 Å². The van der Waals surface area contributed by atoms with E-state index in [0.29, 0.717) is 0 Å². The molecule has 98 valence electrons. The number of methoxy groups -OCH3 is 1. The first-order chi connectivity index (χ1) is 8.19. The van der Waals surface area contributed by atoms with E-state index in [1.54, 1.807) is 18.4 Å². The highest BCUT2D eigenvalue weighted by Crippen LogP contribution is 2.25. The van der Waals surface area contributed by atoms with E-state index in [4.69, 9.17) is 4.74 Å². The first kappa shape index (κ1) is 14.4. The smallest absolute Gasteiger partial charge is 0.185 e. The van der Waals surface area contributed by atoms with Crippen molar-refractivity contribution < 1.29 is 4.74 Å². The maximum absolute atomic E-state index is 5.06. The second-order valence-electron chi connectivity index (χ2n) is 4.05. The van der Waals surface area contributed by atoms with Gasteiger partial charge in [-0.05, 0) is 19.9 Å². The van der Waals surface area contributed by atoms with Gasteiger partial charge in [-0.25, -0.2) is 4.98 Å². The van der Waals surface area contributed by atoms with E-state index in [0.717, 1.165) is 43.5 Å². The second-order valence-corrected chi connectivity index (χ2v) is 5.12. The van der Waals surface area contributed by atoms with Crippen molar-refractivity contribution in [3.63, 3.8) is 0 Å². The Morgan fingerprint density at radius 1 is 1.47 bits per heavy atom. The minimum absolute atomic E-state index is 0.805. The fraction of sp³-hybridized carbons (Fsp3) is 0.750. The number of hydrogen-bond acceptors (Lipinski definition) is 5. The molecule has 0 fully saturated rings. The zero-order chi connectivity index (χ0) is 12.7. The van der Waals surface area contributed by atoms with Crippen LogP contribution in [0.5, 0.6) is 0 Å². The molecule has 0 radical (unpaired) electrons. The van der Waals surface area contributed by atoms with Crippen LogP contribution in [-0.2, 0) is 11.3 Å². The largest absolute Gasteiger partial charge is 0.385 e. The molecule has 0 aliphatic heterocycles. The van der Waals surface area contributed by atoms with E-state index in [1.807, 2.05) is 0 Å². The fourth-order valence-electron chi connectivity index (χ4n) is 1.52. The summed E-state index contributed by atoms with van der Waals surface area (Å²) in [5, 5.41) is 4.45. The highest BCUT2D eigenvalue weighted by Gasteiger charge is 2.10. The summed E-state index contributed by atoms with van der Waals surface area (Å²) in [6.45, 7) is 7.91. The van der Waals surface area contributed by atoms with Crippen LogP contribution in [-0.4, -0.2) is 38.8 Å². The lowest BCUT2D eigenvalue weighted by Gasteiger charge is -2.14. The van der Waals surface area contributed by atoms with Crippen molar-refractivity contribution in [3.8, 4) is 0 Å². The molecule has 0 saturated heterocycles. The van der Waals surface area contributed by atoms with Gasteiger partial charge in [0.1, 0.15) is 0 Å². The average Bonchev–Trinajstić information content (AvgIpc) is 2.68. The summed E-state index contributed by atoms with van der Waals surface area (Å²) in [5.74, 6) is 0. The van der Waals surface area contributed by atoms with Crippen LogP contribution in [0.3, 0.4) is 0 Å². The number of nitrogens with one attached hydrogen (secondary N) is 1. The van der Waals surface area contributed by atoms with Gasteiger partial charge in [-0.15, -0.1) is 11.3 Å². The molecule has 0 amide bonds. The highest BCUT2D eigenvalue weighted by atomic mass is 32.1. The summed E-state index contributed by atoms with van der Waals surface area (Å²) in [4.78, 5) is 8.14. The van der Waals surface area contributed by atoms with Gasteiger partial charge in [0.2, 0.25) is 0 Å². The number of aromatic nitrogens is 1. The lowest BCUT2D eigenvalue weighted by molar-refractivity contribution is 0.196. The standard InChI is InChI=1S/C12H23N3OS/c1-5-13-9-11-10(2)14-12(17-11)15(3)7-6-8-16-4/h13H,5-9H2,1-4H3. The fourth-order valence-corrected chi connectivity index (χ4v) is 2.54. The molecule has 17 heavy (non-hydrogen) atoms. The number of anilines is 1. The summed E-state index contributed by atoms with van der Waals surface area (Å²) in [5.41, 5.74) is 1.14. The normalized spacial score (nSPS) is 10.8. The molecular formula is C12H23N3OS. The van der Waals surface area contributed by atoms with Gasteiger partial charge in [-0.1, -0.05) is 6.92 Å². The van der Waals surface area contributed by atoms with Crippen molar-refractivity contribution in [2.24, 2.45) is 0 Å². The lowest BCUT2D eigenvalue weighted by atomic mass is 10.4. The Labute approximate surface area is 108 Å². The summed E-state index contributed by atoms with van der Waals surface area (Å²) >= 11 is 1.78. The molecule has 0 bridgehead atoms. The van der Waals surface area contributed by atoms with Crippen molar-refractivity contribution in [2.45, 2.75) is 26.8 Å². The Kier molecular flexibility index (Phi) is 6.47. The van der Waals surface area contributed by atoms with Crippen LogP contribution in [0.25, 0.3) is 0 Å². The molecule has 0 unspecified atom stereocenters. The molecule has 0 spiro atoms. The Morgan fingerprint density at radius 2 is 2.24 bits per heavy atom. The molecule has 1 N–H and O–H groups in total. The number of nitrogens with zero attached hydrogens (tertiary/aromatic N) is 2. The van der Waals surface area contributed by atoms with Crippen molar-refractivity contribution in [1.29, 1.82) is 0 Å². The summed E-state index contributed by atoms with van der Waals surface area (Å²) in [7, 11) is 3.83. The van der Waals surface area contributed by atoms with Gasteiger partial charge in [-0.3, -0.25) is 0 Å². The van der Waals surface area contributed by atoms with Gasteiger partial charge in [0.25, 0.3) is 0 Å². The Bertz CT molecular complexity index is 328. The Hall–Kier alpha value is -0.650. The quantitative estimate of drug-likeness (QED) is 0.723. The average molecular weight is 257 g/mol. The number of hydrogen-bond donors (Lipinski definition) is 1. The van der Waals surface area contributed by atoms with Gasteiger partial charge in [-0.2, -0.15) is 0 Å². The maximum Gasteiger partial charge on any atom is 0.185 e. The summed E-state index contributed by atoms with van der Waals surface area (Å²) < 4.78 is 5.06. The zero-order valence-corrected chi connectivity index (χ0v) is 12.1. The number of aryl methyl sites for hydroxylation is 1. The molecule has 0 aliphatic rings. The van der Waals surface area contributed by atoms with Crippen LogP contribution in [0.4, 0.5) is 5.13 Å². The molecule has 1 aromatic rings. The summed E-state index contributed by atoms with van der Waals surface area (Å²) in [6.07, 6.45) is 1.04. The van der Waals surface area contributed by atoms with Crippen LogP contribution in [0.15, 0.2) is 0 Å². The molecule has 1 aromatic heterocycles. The van der Waals surface area contributed by atoms with Crippen molar-refractivity contribution >= 4 is 16.5 Å². The lowest BCUT2D eigenvalue weighted by Crippen LogP contribution is -2.19. The van der Waals surface area contributed by atoms with E-state index in [-0.39, 0.29) is 0 Å². The maximum atomic E-state index is 5.06. The molecule has 1 heterocycles. The minimum Gasteiger partial charge on any atom is -0.385 e. The SMILES string of the molecule is CCNCc1sc(N(C)CCCOC)nc1C. The van der Waals surface area contributed by atoms with Crippen LogP contribution in [0.1, 0.15) is 23.9 Å². The predicted molar refractivity (Wildman–Crippen MR) is 74.0 cm³/mol. The summed E-state index contributed by atoms with van der Waals surface area (Å²) in [6, 6.07) is 0. The number of thiazole rings is 1. The van der Waals surface area contributed by atoms with Gasteiger partial charge >= 0.3 is 0 Å². The molecule has 0 aromatic carbocycles. The molecule has 1 rings (SSSR count). The monoisotopic (exact) mass is 257 g/mol. The van der Waals surface area contributed by atoms with Crippen LogP contribution >= 0.6 is 11.3 Å². The van der Waals surface area contributed by atoms with Gasteiger partial charge in [0, 0.05) is 38.7 Å². The number of rotatable bonds is 8. The zero-order valence-electron chi connectivity index (χ0n) is 11.2. The van der Waals surface area contributed by atoms with E-state index < -0.39 is 0 Å². The molecule has 4 nitrogen and oxygen atoms in total. The third-order valence-electron chi connectivity index (χ3n) is 2.59. The van der Waals surface area contributed by atoms with Crippen molar-refractivity contribution in [3.05, 3.63) is 10.6 Å². The topological polar surface area (TPSA) is 37.4 Å². The molecular weight excluding hydrogens is 234 g/mol. The van der Waals surface area contributed by atoms with Crippen molar-refractivity contribution in [1.82, 2.24) is 10.3 Å². The van der Waals surface area contributed by atoms with E-state index in [1.165, 1.54) is 4.88 Å². The molecule has 0 aliphatic carbocycles. The van der Waals surface area contributed by atoms with E-state index in [2.05, 4.69) is 36.1 Å².